The number of rotatable bonds is 8. The van der Waals surface area contributed by atoms with E-state index in [0.29, 0.717) is 0 Å². The zero-order valence-electron chi connectivity index (χ0n) is 12.1. The molecule has 0 radical (unpaired) electrons. The average Bonchev–Trinajstić information content (AvgIpc) is 2.45. The molecule has 102 valence electrons. The average molecular weight is 266 g/mol. The predicted octanol–water partition coefficient (Wildman–Crippen LogP) is 4.22. The molecule has 0 aliphatic carbocycles. The van der Waals surface area contributed by atoms with Crippen molar-refractivity contribution >= 4 is 8.32 Å². The summed E-state index contributed by atoms with van der Waals surface area (Å²) in [5.74, 6) is 0. The van der Waals surface area contributed by atoms with Crippen LogP contribution < -0.4 is 0 Å². The quantitative estimate of drug-likeness (QED) is 0.518. The van der Waals surface area contributed by atoms with Crippen molar-refractivity contribution in [3.05, 3.63) is 35.9 Å². The summed E-state index contributed by atoms with van der Waals surface area (Å²) >= 11 is 0. The summed E-state index contributed by atoms with van der Waals surface area (Å²) in [6.07, 6.45) is 0.741. The SMILES string of the molecule is CC[Si](CC)(CC)OC(Cc1ccccc1)OC. The fourth-order valence-electron chi connectivity index (χ4n) is 2.26. The van der Waals surface area contributed by atoms with Gasteiger partial charge in [0.25, 0.3) is 0 Å². The minimum Gasteiger partial charge on any atom is -0.392 e. The summed E-state index contributed by atoms with van der Waals surface area (Å²) < 4.78 is 11.9. The van der Waals surface area contributed by atoms with Crippen molar-refractivity contribution in [3.8, 4) is 0 Å². The first-order valence-corrected chi connectivity index (χ1v) is 9.47. The zero-order chi connectivity index (χ0) is 13.4. The van der Waals surface area contributed by atoms with E-state index in [1.54, 1.807) is 7.11 Å². The van der Waals surface area contributed by atoms with Crippen molar-refractivity contribution in [2.24, 2.45) is 0 Å². The number of methoxy groups -OCH3 is 1. The van der Waals surface area contributed by atoms with Gasteiger partial charge in [0.2, 0.25) is 0 Å². The van der Waals surface area contributed by atoms with Gasteiger partial charge in [-0.05, 0) is 23.7 Å². The van der Waals surface area contributed by atoms with Gasteiger partial charge in [-0.25, -0.2) is 0 Å². The van der Waals surface area contributed by atoms with Crippen molar-refractivity contribution in [2.75, 3.05) is 7.11 Å². The molecule has 0 aliphatic rings. The molecule has 0 aromatic heterocycles. The Morgan fingerprint density at radius 2 is 1.56 bits per heavy atom. The van der Waals surface area contributed by atoms with Crippen molar-refractivity contribution in [2.45, 2.75) is 51.6 Å². The molecule has 1 rings (SSSR count). The zero-order valence-corrected chi connectivity index (χ0v) is 13.1. The monoisotopic (exact) mass is 266 g/mol. The van der Waals surface area contributed by atoms with E-state index in [4.69, 9.17) is 9.16 Å². The third-order valence-corrected chi connectivity index (χ3v) is 8.45. The second kappa shape index (κ2) is 7.72. The summed E-state index contributed by atoms with van der Waals surface area (Å²) in [4.78, 5) is 0. The Bertz CT molecular complexity index is 314. The maximum absolute atomic E-state index is 6.36. The van der Waals surface area contributed by atoms with Crippen LogP contribution in [0.2, 0.25) is 18.1 Å². The Hall–Kier alpha value is -0.643. The fourth-order valence-corrected chi connectivity index (χ4v) is 5.00. The number of benzene rings is 1. The highest BCUT2D eigenvalue weighted by Crippen LogP contribution is 2.24. The molecule has 0 aliphatic heterocycles. The van der Waals surface area contributed by atoms with Crippen LogP contribution in [-0.2, 0) is 15.6 Å². The molecule has 0 amide bonds. The molecule has 1 unspecified atom stereocenters. The van der Waals surface area contributed by atoms with Crippen LogP contribution in [0.1, 0.15) is 26.3 Å². The Balaban J connectivity index is 2.66. The lowest BCUT2D eigenvalue weighted by Crippen LogP contribution is -2.41. The molecule has 0 fully saturated rings. The fraction of sp³-hybridized carbons (Fsp3) is 0.600. The van der Waals surface area contributed by atoms with Crippen LogP contribution in [0.25, 0.3) is 0 Å². The first-order chi connectivity index (χ1) is 8.69. The van der Waals surface area contributed by atoms with Crippen LogP contribution >= 0.6 is 0 Å². The lowest BCUT2D eigenvalue weighted by atomic mass is 10.1. The highest BCUT2D eigenvalue weighted by Gasteiger charge is 2.32. The Morgan fingerprint density at radius 3 is 2.00 bits per heavy atom. The Kier molecular flexibility index (Phi) is 6.61. The summed E-state index contributed by atoms with van der Waals surface area (Å²) in [5, 5.41) is 0. The molecule has 0 spiro atoms. The molecule has 1 aromatic rings. The smallest absolute Gasteiger partial charge is 0.195 e. The third kappa shape index (κ3) is 4.23. The highest BCUT2D eigenvalue weighted by atomic mass is 28.4. The minimum absolute atomic E-state index is 0.0982. The molecule has 0 heterocycles. The number of hydrogen-bond acceptors (Lipinski definition) is 2. The van der Waals surface area contributed by atoms with Crippen LogP contribution in [0.3, 0.4) is 0 Å². The van der Waals surface area contributed by atoms with E-state index in [2.05, 4.69) is 45.0 Å². The van der Waals surface area contributed by atoms with Crippen molar-refractivity contribution in [3.63, 3.8) is 0 Å². The van der Waals surface area contributed by atoms with Crippen molar-refractivity contribution < 1.29 is 9.16 Å². The van der Waals surface area contributed by atoms with Crippen LogP contribution in [0.15, 0.2) is 30.3 Å². The van der Waals surface area contributed by atoms with Crippen LogP contribution in [0.5, 0.6) is 0 Å². The largest absolute Gasteiger partial charge is 0.392 e. The Morgan fingerprint density at radius 1 is 1.00 bits per heavy atom. The minimum atomic E-state index is -1.58. The molecule has 0 saturated heterocycles. The normalized spacial score (nSPS) is 13.6. The van der Waals surface area contributed by atoms with Gasteiger partial charge in [0.05, 0.1) is 0 Å². The topological polar surface area (TPSA) is 18.5 Å². The molecule has 0 N–H and O–H groups in total. The summed E-state index contributed by atoms with van der Waals surface area (Å²) in [5.41, 5.74) is 1.27. The summed E-state index contributed by atoms with van der Waals surface area (Å²) in [6.45, 7) is 6.73. The molecular weight excluding hydrogens is 240 g/mol. The van der Waals surface area contributed by atoms with Gasteiger partial charge in [-0.1, -0.05) is 51.1 Å². The van der Waals surface area contributed by atoms with Gasteiger partial charge in [-0.15, -0.1) is 0 Å². The standard InChI is InChI=1S/C15H26O2Si/c1-5-18(6-2,7-3)17-15(16-4)13-14-11-9-8-10-12-14/h8-12,15H,5-7,13H2,1-4H3. The van der Waals surface area contributed by atoms with Gasteiger partial charge in [0, 0.05) is 13.5 Å². The molecule has 1 aromatic carbocycles. The van der Waals surface area contributed by atoms with Gasteiger partial charge in [-0.3, -0.25) is 0 Å². The lowest BCUT2D eigenvalue weighted by molar-refractivity contribution is -0.0601. The molecular formula is C15H26O2Si. The van der Waals surface area contributed by atoms with Crippen molar-refractivity contribution in [1.82, 2.24) is 0 Å². The van der Waals surface area contributed by atoms with E-state index in [-0.39, 0.29) is 6.29 Å². The van der Waals surface area contributed by atoms with Gasteiger partial charge in [0.15, 0.2) is 14.6 Å². The van der Waals surface area contributed by atoms with Crippen molar-refractivity contribution in [1.29, 1.82) is 0 Å². The molecule has 2 nitrogen and oxygen atoms in total. The van der Waals surface area contributed by atoms with Gasteiger partial charge in [-0.2, -0.15) is 0 Å². The molecule has 18 heavy (non-hydrogen) atoms. The number of ether oxygens (including phenoxy) is 1. The summed E-state index contributed by atoms with van der Waals surface area (Å²) in [7, 11) is 0.163. The van der Waals surface area contributed by atoms with E-state index in [9.17, 15) is 0 Å². The summed E-state index contributed by atoms with van der Waals surface area (Å²) in [6, 6.07) is 13.9. The van der Waals surface area contributed by atoms with Crippen LogP contribution in [-0.4, -0.2) is 21.7 Å². The predicted molar refractivity (Wildman–Crippen MR) is 79.2 cm³/mol. The molecule has 1 atom stereocenters. The second-order valence-electron chi connectivity index (χ2n) is 4.72. The second-order valence-corrected chi connectivity index (χ2v) is 9.44. The van der Waals surface area contributed by atoms with E-state index < -0.39 is 8.32 Å². The first-order valence-electron chi connectivity index (χ1n) is 6.94. The number of hydrogen-bond donors (Lipinski definition) is 0. The maximum atomic E-state index is 6.36. The highest BCUT2D eigenvalue weighted by molar-refractivity contribution is 6.73. The van der Waals surface area contributed by atoms with Gasteiger partial charge < -0.3 is 9.16 Å². The molecule has 3 heteroatoms. The molecule has 0 saturated carbocycles. The van der Waals surface area contributed by atoms with E-state index >= 15 is 0 Å². The van der Waals surface area contributed by atoms with E-state index in [1.807, 2.05) is 6.07 Å². The van der Waals surface area contributed by atoms with Gasteiger partial charge >= 0.3 is 0 Å². The Labute approximate surface area is 112 Å². The first kappa shape index (κ1) is 15.4. The van der Waals surface area contributed by atoms with Gasteiger partial charge in [0.1, 0.15) is 0 Å². The molecule has 0 bridgehead atoms. The lowest BCUT2D eigenvalue weighted by Gasteiger charge is -2.32. The maximum Gasteiger partial charge on any atom is 0.195 e. The van der Waals surface area contributed by atoms with E-state index in [1.165, 1.54) is 5.56 Å². The van der Waals surface area contributed by atoms with E-state index in [0.717, 1.165) is 24.6 Å². The third-order valence-electron chi connectivity index (χ3n) is 3.82. The van der Waals surface area contributed by atoms with Crippen LogP contribution in [0, 0.1) is 0 Å². The van der Waals surface area contributed by atoms with Crippen LogP contribution in [0.4, 0.5) is 0 Å².